The van der Waals surface area contributed by atoms with Gasteiger partial charge in [-0.05, 0) is 45.2 Å². The molecule has 10 nitrogen and oxygen atoms in total. The van der Waals surface area contributed by atoms with E-state index in [4.69, 9.17) is 21.1 Å². The average Bonchev–Trinajstić information content (AvgIpc) is 2.67. The Balaban J connectivity index is 1.71. The number of nitrogens with zero attached hydrogens (tertiary/aromatic N) is 4. The van der Waals surface area contributed by atoms with Gasteiger partial charge in [0.2, 0.25) is 5.28 Å². The lowest BCUT2D eigenvalue weighted by atomic mass is 10.1. The second-order valence-electron chi connectivity index (χ2n) is 8.13. The van der Waals surface area contributed by atoms with Crippen LogP contribution < -0.4 is 15.7 Å². The minimum absolute atomic E-state index is 0.0585. The molecule has 29 heavy (non-hydrogen) atoms. The Morgan fingerprint density at radius 2 is 1.86 bits per heavy atom. The predicted molar refractivity (Wildman–Crippen MR) is 112 cm³/mol. The molecule has 2 aliphatic rings. The lowest BCUT2D eigenvalue weighted by Gasteiger charge is -2.37. The zero-order valence-corrected chi connectivity index (χ0v) is 17.8. The molecular weight excluding hydrogens is 400 g/mol. The van der Waals surface area contributed by atoms with Gasteiger partial charge in [0.15, 0.2) is 11.6 Å². The highest BCUT2D eigenvalue weighted by Crippen LogP contribution is 2.33. The summed E-state index contributed by atoms with van der Waals surface area (Å²) in [5.74, 6) is 0.815. The summed E-state index contributed by atoms with van der Waals surface area (Å²) in [6.45, 7) is 8.74. The number of hydrogen-bond donors (Lipinski definition) is 2. The molecule has 2 fully saturated rings. The molecule has 162 valence electrons. The maximum absolute atomic E-state index is 12.3. The maximum atomic E-state index is 12.3. The van der Waals surface area contributed by atoms with Crippen LogP contribution in [-0.4, -0.2) is 72.0 Å². The summed E-state index contributed by atoms with van der Waals surface area (Å²) >= 11 is 6.14. The second kappa shape index (κ2) is 9.19. The maximum Gasteiger partial charge on any atom is 0.410 e. The van der Waals surface area contributed by atoms with Crippen molar-refractivity contribution in [1.29, 1.82) is 0 Å². The number of piperazine rings is 1. The summed E-state index contributed by atoms with van der Waals surface area (Å²) in [6.07, 6.45) is 1.30. The highest BCUT2D eigenvalue weighted by molar-refractivity contribution is 6.28. The standard InChI is InChI=1S/C18H28ClN6O4/c1-18(2,3)29-17(26)25-8-6-24(7-9-25)15-13(23-27)14(21-16(19)22-15)20-12-4-10-28-11-5-12/h12,23H,4-11H2,1-3H3,(H,20,21,22)/q-1. The van der Waals surface area contributed by atoms with Crippen LogP contribution in [0.25, 0.3) is 0 Å². The van der Waals surface area contributed by atoms with Gasteiger partial charge in [-0.25, -0.2) is 4.79 Å². The van der Waals surface area contributed by atoms with Crippen molar-refractivity contribution in [2.75, 3.05) is 55.1 Å². The molecule has 1 amide bonds. The SMILES string of the molecule is CC(C)(C)OC(=O)N1CCN(c2nc(Cl)nc(NC3CCOCC3)c2N[O-])CC1. The molecule has 11 heteroatoms. The first kappa shape index (κ1) is 21.7. The van der Waals surface area contributed by atoms with E-state index in [2.05, 4.69) is 15.3 Å². The molecule has 0 spiro atoms. The van der Waals surface area contributed by atoms with Crippen LogP contribution in [0.1, 0.15) is 33.6 Å². The van der Waals surface area contributed by atoms with Crippen molar-refractivity contribution in [3.05, 3.63) is 10.5 Å². The Hall–Kier alpha value is -2.04. The summed E-state index contributed by atoms with van der Waals surface area (Å²) in [4.78, 5) is 24.3. The number of ether oxygens (including phenoxy) is 2. The van der Waals surface area contributed by atoms with Crippen molar-refractivity contribution >= 4 is 35.0 Å². The average molecular weight is 428 g/mol. The first-order valence-corrected chi connectivity index (χ1v) is 10.2. The van der Waals surface area contributed by atoms with Crippen LogP contribution in [0.5, 0.6) is 0 Å². The molecular formula is C18H28ClN6O4-. The van der Waals surface area contributed by atoms with Crippen molar-refractivity contribution in [3.8, 4) is 0 Å². The largest absolute Gasteiger partial charge is 0.761 e. The second-order valence-corrected chi connectivity index (χ2v) is 8.47. The predicted octanol–water partition coefficient (Wildman–Crippen LogP) is 2.69. The summed E-state index contributed by atoms with van der Waals surface area (Å²) in [6, 6.07) is 0.152. The molecule has 2 saturated heterocycles. The van der Waals surface area contributed by atoms with Crippen molar-refractivity contribution < 1.29 is 14.3 Å². The van der Waals surface area contributed by atoms with Crippen LogP contribution in [0, 0.1) is 5.21 Å². The van der Waals surface area contributed by atoms with Gasteiger partial charge >= 0.3 is 6.09 Å². The van der Waals surface area contributed by atoms with Gasteiger partial charge in [0.25, 0.3) is 0 Å². The van der Waals surface area contributed by atoms with Crippen LogP contribution in [0.2, 0.25) is 5.28 Å². The van der Waals surface area contributed by atoms with Crippen molar-refractivity contribution in [2.24, 2.45) is 0 Å². The smallest absolute Gasteiger partial charge is 0.410 e. The van der Waals surface area contributed by atoms with Crippen LogP contribution in [0.4, 0.5) is 22.1 Å². The molecule has 2 aliphatic heterocycles. The van der Waals surface area contributed by atoms with E-state index in [-0.39, 0.29) is 23.1 Å². The molecule has 3 heterocycles. The van der Waals surface area contributed by atoms with E-state index in [1.165, 1.54) is 0 Å². The summed E-state index contributed by atoms with van der Waals surface area (Å²) in [7, 11) is 0. The fourth-order valence-corrected chi connectivity index (χ4v) is 3.48. The van der Waals surface area contributed by atoms with Gasteiger partial charge in [0.1, 0.15) is 11.3 Å². The molecule has 1 aromatic heterocycles. The van der Waals surface area contributed by atoms with E-state index < -0.39 is 5.60 Å². The highest BCUT2D eigenvalue weighted by Gasteiger charge is 2.28. The number of amides is 1. The van der Waals surface area contributed by atoms with Crippen LogP contribution in [-0.2, 0) is 9.47 Å². The number of aromatic nitrogens is 2. The first-order chi connectivity index (χ1) is 13.8. The summed E-state index contributed by atoms with van der Waals surface area (Å²) in [5.41, 5.74) is 1.68. The summed E-state index contributed by atoms with van der Waals surface area (Å²) in [5, 5.41) is 15.1. The van der Waals surface area contributed by atoms with Gasteiger partial charge in [-0.2, -0.15) is 9.97 Å². The lowest BCUT2D eigenvalue weighted by Crippen LogP contribution is -2.50. The van der Waals surface area contributed by atoms with Crippen LogP contribution in [0.15, 0.2) is 0 Å². The lowest BCUT2D eigenvalue weighted by molar-refractivity contribution is 0.0240. The number of rotatable bonds is 4. The molecule has 0 radical (unpaired) electrons. The number of nitrogens with one attached hydrogen (secondary N) is 2. The Kier molecular flexibility index (Phi) is 6.86. The van der Waals surface area contributed by atoms with Crippen molar-refractivity contribution in [3.63, 3.8) is 0 Å². The normalized spacial score (nSPS) is 18.5. The number of anilines is 3. The van der Waals surface area contributed by atoms with Gasteiger partial charge in [-0.1, -0.05) is 0 Å². The number of hydrogen-bond acceptors (Lipinski definition) is 9. The van der Waals surface area contributed by atoms with E-state index in [0.717, 1.165) is 12.8 Å². The van der Waals surface area contributed by atoms with Crippen LogP contribution >= 0.6 is 11.6 Å². The van der Waals surface area contributed by atoms with E-state index in [0.29, 0.717) is 51.0 Å². The molecule has 0 aliphatic carbocycles. The van der Waals surface area contributed by atoms with E-state index in [9.17, 15) is 10.0 Å². The van der Waals surface area contributed by atoms with Gasteiger partial charge in [-0.15, -0.1) is 0 Å². The third-order valence-corrected chi connectivity index (χ3v) is 4.93. The zero-order valence-electron chi connectivity index (χ0n) is 17.0. The molecule has 2 N–H and O–H groups in total. The Morgan fingerprint density at radius 3 is 2.45 bits per heavy atom. The Morgan fingerprint density at radius 1 is 1.21 bits per heavy atom. The monoisotopic (exact) mass is 427 g/mol. The zero-order chi connectivity index (χ0) is 21.0. The molecule has 3 rings (SSSR count). The van der Waals surface area contributed by atoms with Gasteiger partial charge in [0.05, 0.1) is 0 Å². The molecule has 0 atom stereocenters. The van der Waals surface area contributed by atoms with Gasteiger partial charge in [0, 0.05) is 45.4 Å². The number of carbonyl (C=O) groups excluding carboxylic acids is 1. The molecule has 0 aromatic carbocycles. The highest BCUT2D eigenvalue weighted by atomic mass is 35.5. The Bertz CT molecular complexity index is 715. The van der Waals surface area contributed by atoms with Crippen LogP contribution in [0.3, 0.4) is 0 Å². The molecule has 0 unspecified atom stereocenters. The number of carbonyl (C=O) groups is 1. The van der Waals surface area contributed by atoms with E-state index >= 15 is 0 Å². The topological polar surface area (TPSA) is 115 Å². The quantitative estimate of drug-likeness (QED) is 0.552. The molecule has 1 aromatic rings. The molecule has 0 bridgehead atoms. The third-order valence-electron chi connectivity index (χ3n) is 4.76. The van der Waals surface area contributed by atoms with E-state index in [1.807, 2.05) is 31.2 Å². The van der Waals surface area contributed by atoms with Crippen molar-refractivity contribution in [2.45, 2.75) is 45.3 Å². The summed E-state index contributed by atoms with van der Waals surface area (Å²) < 4.78 is 10.8. The van der Waals surface area contributed by atoms with Gasteiger partial charge < -0.3 is 35.3 Å². The van der Waals surface area contributed by atoms with Gasteiger partial charge in [-0.3, -0.25) is 0 Å². The minimum Gasteiger partial charge on any atom is -0.761 e. The Labute approximate surface area is 175 Å². The van der Waals surface area contributed by atoms with Crippen molar-refractivity contribution in [1.82, 2.24) is 14.9 Å². The molecule has 0 saturated carbocycles. The number of halogens is 1. The fourth-order valence-electron chi connectivity index (χ4n) is 3.31. The fraction of sp³-hybridized carbons (Fsp3) is 0.722. The third kappa shape index (κ3) is 5.74. The first-order valence-electron chi connectivity index (χ1n) is 9.79. The minimum atomic E-state index is -0.543. The van der Waals surface area contributed by atoms with E-state index in [1.54, 1.807) is 4.90 Å².